The van der Waals surface area contributed by atoms with Gasteiger partial charge in [-0.1, -0.05) is 31.2 Å². The summed E-state index contributed by atoms with van der Waals surface area (Å²) in [6.45, 7) is 5.41. The summed E-state index contributed by atoms with van der Waals surface area (Å²) in [6, 6.07) is 13.1. The first-order valence-corrected chi connectivity index (χ1v) is 7.67. The molecule has 0 spiro atoms. The second-order valence-corrected chi connectivity index (χ2v) is 5.57. The monoisotopic (exact) mass is 283 g/mol. The Balaban J connectivity index is 2.09. The van der Waals surface area contributed by atoms with E-state index in [1.807, 2.05) is 6.07 Å². The van der Waals surface area contributed by atoms with Crippen LogP contribution in [0, 0.1) is 6.92 Å². The van der Waals surface area contributed by atoms with Gasteiger partial charge in [0.25, 0.3) is 0 Å². The Morgan fingerprint density at radius 1 is 1.19 bits per heavy atom. The van der Waals surface area contributed by atoms with Crippen molar-refractivity contribution in [2.45, 2.75) is 39.2 Å². The Morgan fingerprint density at radius 3 is 2.71 bits per heavy atom. The number of hydrogen-bond acceptors (Lipinski definition) is 3. The van der Waals surface area contributed by atoms with Crippen molar-refractivity contribution in [1.82, 2.24) is 10.3 Å². The lowest BCUT2D eigenvalue weighted by Gasteiger charge is -2.20. The standard InChI is InChI=1S/C18H25N3/c1-3-9-20-17(11-15-8-10-21-18(19)12-15)13-16-7-5-4-6-14(16)2/h4-8,10,12,17,20H,3,9,11,13H2,1-2H3,(H2,19,21). The summed E-state index contributed by atoms with van der Waals surface area (Å²) in [5.41, 5.74) is 9.79. The fraction of sp³-hybridized carbons (Fsp3) is 0.389. The van der Waals surface area contributed by atoms with Gasteiger partial charge in [0.05, 0.1) is 0 Å². The summed E-state index contributed by atoms with van der Waals surface area (Å²) in [5, 5.41) is 3.65. The summed E-state index contributed by atoms with van der Waals surface area (Å²) in [4.78, 5) is 4.06. The molecule has 2 aromatic rings. The van der Waals surface area contributed by atoms with E-state index in [1.54, 1.807) is 6.20 Å². The van der Waals surface area contributed by atoms with Crippen molar-refractivity contribution < 1.29 is 0 Å². The van der Waals surface area contributed by atoms with Crippen LogP contribution in [-0.4, -0.2) is 17.6 Å². The number of pyridine rings is 1. The number of anilines is 1. The molecule has 0 aliphatic heterocycles. The molecule has 3 N–H and O–H groups in total. The zero-order valence-electron chi connectivity index (χ0n) is 13.0. The molecule has 3 nitrogen and oxygen atoms in total. The van der Waals surface area contributed by atoms with E-state index in [0.717, 1.165) is 25.8 Å². The molecule has 1 aromatic heterocycles. The van der Waals surface area contributed by atoms with Gasteiger partial charge in [0.15, 0.2) is 0 Å². The van der Waals surface area contributed by atoms with Gasteiger partial charge in [0, 0.05) is 12.2 Å². The third-order valence-electron chi connectivity index (χ3n) is 3.74. The Bertz CT molecular complexity index is 566. The number of nitrogens with zero attached hydrogens (tertiary/aromatic N) is 1. The normalized spacial score (nSPS) is 12.3. The number of aryl methyl sites for hydroxylation is 1. The van der Waals surface area contributed by atoms with Gasteiger partial charge in [-0.25, -0.2) is 4.98 Å². The van der Waals surface area contributed by atoms with Crippen LogP contribution >= 0.6 is 0 Å². The van der Waals surface area contributed by atoms with E-state index < -0.39 is 0 Å². The van der Waals surface area contributed by atoms with Crippen LogP contribution in [0.3, 0.4) is 0 Å². The van der Waals surface area contributed by atoms with Crippen molar-refractivity contribution in [1.29, 1.82) is 0 Å². The zero-order valence-corrected chi connectivity index (χ0v) is 13.0. The van der Waals surface area contributed by atoms with Gasteiger partial charge in [-0.3, -0.25) is 0 Å². The van der Waals surface area contributed by atoms with Gasteiger partial charge in [0.1, 0.15) is 5.82 Å². The van der Waals surface area contributed by atoms with Crippen LogP contribution in [0.2, 0.25) is 0 Å². The summed E-state index contributed by atoms with van der Waals surface area (Å²) in [5.74, 6) is 0.595. The predicted octanol–water partition coefficient (Wildman–Crippen LogP) is 3.13. The molecule has 0 radical (unpaired) electrons. The second kappa shape index (κ2) is 7.79. The summed E-state index contributed by atoms with van der Waals surface area (Å²) < 4.78 is 0. The topological polar surface area (TPSA) is 50.9 Å². The largest absolute Gasteiger partial charge is 0.384 e. The van der Waals surface area contributed by atoms with E-state index in [9.17, 15) is 0 Å². The van der Waals surface area contributed by atoms with Crippen LogP contribution in [-0.2, 0) is 12.8 Å². The third-order valence-corrected chi connectivity index (χ3v) is 3.74. The lowest BCUT2D eigenvalue weighted by molar-refractivity contribution is 0.504. The van der Waals surface area contributed by atoms with Gasteiger partial charge in [0.2, 0.25) is 0 Å². The number of nitrogen functional groups attached to an aromatic ring is 1. The highest BCUT2D eigenvalue weighted by Gasteiger charge is 2.11. The highest BCUT2D eigenvalue weighted by Crippen LogP contribution is 2.14. The van der Waals surface area contributed by atoms with Crippen molar-refractivity contribution in [3.05, 3.63) is 59.3 Å². The maximum absolute atomic E-state index is 5.78. The molecule has 1 aromatic carbocycles. The van der Waals surface area contributed by atoms with E-state index in [1.165, 1.54) is 16.7 Å². The Labute approximate surface area is 127 Å². The van der Waals surface area contributed by atoms with Crippen molar-refractivity contribution in [2.75, 3.05) is 12.3 Å². The molecule has 3 heteroatoms. The highest BCUT2D eigenvalue weighted by atomic mass is 14.9. The van der Waals surface area contributed by atoms with Gasteiger partial charge in [-0.2, -0.15) is 0 Å². The Kier molecular flexibility index (Phi) is 5.76. The average molecular weight is 283 g/mol. The van der Waals surface area contributed by atoms with E-state index in [-0.39, 0.29) is 0 Å². The number of benzene rings is 1. The van der Waals surface area contributed by atoms with Gasteiger partial charge < -0.3 is 11.1 Å². The molecule has 0 saturated heterocycles. The van der Waals surface area contributed by atoms with Crippen molar-refractivity contribution in [2.24, 2.45) is 0 Å². The van der Waals surface area contributed by atoms with Gasteiger partial charge in [-0.05, 0) is 61.6 Å². The fourth-order valence-corrected chi connectivity index (χ4v) is 2.58. The van der Waals surface area contributed by atoms with Gasteiger partial charge >= 0.3 is 0 Å². The van der Waals surface area contributed by atoms with Crippen molar-refractivity contribution >= 4 is 5.82 Å². The summed E-state index contributed by atoms with van der Waals surface area (Å²) in [7, 11) is 0. The fourth-order valence-electron chi connectivity index (χ4n) is 2.58. The molecule has 2 rings (SSSR count). The van der Waals surface area contributed by atoms with Crippen LogP contribution in [0.5, 0.6) is 0 Å². The smallest absolute Gasteiger partial charge is 0.123 e. The zero-order chi connectivity index (χ0) is 15.1. The molecule has 112 valence electrons. The number of nitrogens with one attached hydrogen (secondary N) is 1. The molecule has 1 heterocycles. The van der Waals surface area contributed by atoms with E-state index in [0.29, 0.717) is 11.9 Å². The van der Waals surface area contributed by atoms with Gasteiger partial charge in [-0.15, -0.1) is 0 Å². The lowest BCUT2D eigenvalue weighted by Crippen LogP contribution is -2.34. The molecular formula is C18H25N3. The van der Waals surface area contributed by atoms with E-state index in [4.69, 9.17) is 5.73 Å². The first-order valence-electron chi connectivity index (χ1n) is 7.67. The SMILES string of the molecule is CCCNC(Cc1ccnc(N)c1)Cc1ccccc1C. The maximum atomic E-state index is 5.78. The third kappa shape index (κ3) is 4.87. The van der Waals surface area contributed by atoms with Crippen molar-refractivity contribution in [3.8, 4) is 0 Å². The quantitative estimate of drug-likeness (QED) is 0.821. The minimum Gasteiger partial charge on any atom is -0.384 e. The Hall–Kier alpha value is -1.87. The molecule has 0 saturated carbocycles. The van der Waals surface area contributed by atoms with Crippen LogP contribution in [0.1, 0.15) is 30.0 Å². The maximum Gasteiger partial charge on any atom is 0.123 e. The minimum atomic E-state index is 0.424. The molecule has 0 amide bonds. The molecular weight excluding hydrogens is 258 g/mol. The number of rotatable bonds is 7. The number of nitrogens with two attached hydrogens (primary N) is 1. The number of hydrogen-bond donors (Lipinski definition) is 2. The second-order valence-electron chi connectivity index (χ2n) is 5.57. The summed E-state index contributed by atoms with van der Waals surface area (Å²) in [6.07, 6.45) is 4.94. The van der Waals surface area contributed by atoms with Crippen LogP contribution in [0.25, 0.3) is 0 Å². The summed E-state index contributed by atoms with van der Waals surface area (Å²) >= 11 is 0. The lowest BCUT2D eigenvalue weighted by atomic mass is 9.96. The molecule has 0 aliphatic carbocycles. The first kappa shape index (κ1) is 15.5. The Morgan fingerprint density at radius 2 is 2.00 bits per heavy atom. The molecule has 0 fully saturated rings. The highest BCUT2D eigenvalue weighted by molar-refractivity contribution is 5.33. The van der Waals surface area contributed by atoms with Crippen LogP contribution < -0.4 is 11.1 Å². The van der Waals surface area contributed by atoms with E-state index >= 15 is 0 Å². The molecule has 1 atom stereocenters. The van der Waals surface area contributed by atoms with E-state index in [2.05, 4.69) is 54.5 Å². The molecule has 0 aliphatic rings. The first-order chi connectivity index (χ1) is 10.2. The van der Waals surface area contributed by atoms with Crippen molar-refractivity contribution in [3.63, 3.8) is 0 Å². The molecule has 1 unspecified atom stereocenters. The average Bonchev–Trinajstić information content (AvgIpc) is 2.47. The number of aromatic nitrogens is 1. The minimum absolute atomic E-state index is 0.424. The molecule has 21 heavy (non-hydrogen) atoms. The predicted molar refractivity (Wildman–Crippen MR) is 89.3 cm³/mol. The van der Waals surface area contributed by atoms with Crippen LogP contribution in [0.4, 0.5) is 5.82 Å². The van der Waals surface area contributed by atoms with Crippen LogP contribution in [0.15, 0.2) is 42.6 Å². The molecule has 0 bridgehead atoms.